The van der Waals surface area contributed by atoms with Crippen molar-refractivity contribution in [1.29, 1.82) is 0 Å². The molecule has 2 aliphatic heterocycles. The third-order valence-corrected chi connectivity index (χ3v) is 6.17. The van der Waals surface area contributed by atoms with Gasteiger partial charge in [-0.3, -0.25) is 14.5 Å². The maximum Gasteiger partial charge on any atom is 0.325 e. The van der Waals surface area contributed by atoms with Crippen LogP contribution in [0, 0.1) is 11.8 Å². The first-order valence-electron chi connectivity index (χ1n) is 9.91. The summed E-state index contributed by atoms with van der Waals surface area (Å²) in [7, 11) is 0. The fourth-order valence-electron chi connectivity index (χ4n) is 5.06. The van der Waals surface area contributed by atoms with Crippen molar-refractivity contribution in [2.75, 3.05) is 19.6 Å². The molecule has 0 saturated carbocycles. The Morgan fingerprint density at radius 3 is 2.63 bits per heavy atom. The van der Waals surface area contributed by atoms with Crippen LogP contribution in [0.3, 0.4) is 0 Å². The van der Waals surface area contributed by atoms with Crippen LogP contribution in [0.25, 0.3) is 0 Å². The van der Waals surface area contributed by atoms with E-state index >= 15 is 0 Å². The molecule has 3 atom stereocenters. The van der Waals surface area contributed by atoms with Crippen molar-refractivity contribution in [3.8, 4) is 0 Å². The van der Waals surface area contributed by atoms with E-state index in [1.807, 2.05) is 24.3 Å². The highest BCUT2D eigenvalue weighted by Crippen LogP contribution is 2.39. The number of aryl methyl sites for hydroxylation is 1. The highest BCUT2D eigenvalue weighted by molar-refractivity contribution is 6.09. The Morgan fingerprint density at radius 2 is 1.89 bits per heavy atom. The molecule has 1 spiro atoms. The molecule has 6 nitrogen and oxygen atoms in total. The predicted octanol–water partition coefficient (Wildman–Crippen LogP) is 2.27. The standard InChI is InChI=1S/C21H27N3O3/c1-14-10-15(2)12-23(11-14)18(25)13-24-19(26)21(22-20(24)27)9-5-7-16-6-3-4-8-17(16)21/h3-4,6,8,14-15H,5,7,9-13H2,1-2H3,(H,22,27)/t14-,15+,21-/m1/s1. The molecule has 1 aromatic rings. The monoisotopic (exact) mass is 369 g/mol. The average Bonchev–Trinajstić information content (AvgIpc) is 2.86. The van der Waals surface area contributed by atoms with Gasteiger partial charge in [-0.05, 0) is 48.6 Å². The van der Waals surface area contributed by atoms with Crippen LogP contribution in [0.5, 0.6) is 0 Å². The van der Waals surface area contributed by atoms with Crippen LogP contribution in [0.2, 0.25) is 0 Å². The lowest BCUT2D eigenvalue weighted by atomic mass is 9.76. The zero-order chi connectivity index (χ0) is 19.2. The average molecular weight is 369 g/mol. The van der Waals surface area contributed by atoms with Gasteiger partial charge in [-0.15, -0.1) is 0 Å². The largest absolute Gasteiger partial charge is 0.341 e. The van der Waals surface area contributed by atoms with Gasteiger partial charge in [-0.2, -0.15) is 0 Å². The van der Waals surface area contributed by atoms with Gasteiger partial charge in [0.15, 0.2) is 0 Å². The highest BCUT2D eigenvalue weighted by atomic mass is 16.2. The number of rotatable bonds is 2. The number of carbonyl (C=O) groups excluding carboxylic acids is 3. The Labute approximate surface area is 159 Å². The van der Waals surface area contributed by atoms with Crippen LogP contribution in [0.4, 0.5) is 4.79 Å². The maximum atomic E-state index is 13.3. The van der Waals surface area contributed by atoms with Crippen molar-refractivity contribution in [3.63, 3.8) is 0 Å². The maximum absolute atomic E-state index is 13.3. The smallest absolute Gasteiger partial charge is 0.325 e. The number of amides is 4. The minimum atomic E-state index is -1.01. The number of piperidine rings is 1. The van der Waals surface area contributed by atoms with Gasteiger partial charge in [-0.25, -0.2) is 4.79 Å². The highest BCUT2D eigenvalue weighted by Gasteiger charge is 2.54. The summed E-state index contributed by atoms with van der Waals surface area (Å²) in [6.07, 6.45) is 3.43. The Bertz CT molecular complexity index is 783. The molecule has 6 heteroatoms. The van der Waals surface area contributed by atoms with E-state index in [-0.39, 0.29) is 18.4 Å². The Hall–Kier alpha value is -2.37. The normalized spacial score (nSPS) is 30.4. The van der Waals surface area contributed by atoms with E-state index in [0.29, 0.717) is 31.3 Å². The van der Waals surface area contributed by atoms with Crippen molar-refractivity contribution >= 4 is 17.8 Å². The lowest BCUT2D eigenvalue weighted by Crippen LogP contribution is -2.49. The van der Waals surface area contributed by atoms with E-state index in [4.69, 9.17) is 0 Å². The Balaban J connectivity index is 1.55. The molecule has 0 aromatic heterocycles. The van der Waals surface area contributed by atoms with Crippen LogP contribution >= 0.6 is 0 Å². The number of imide groups is 1. The second-order valence-electron chi connectivity index (χ2n) is 8.48. The molecule has 4 amide bonds. The molecule has 0 radical (unpaired) electrons. The third-order valence-electron chi connectivity index (χ3n) is 6.17. The molecule has 144 valence electrons. The van der Waals surface area contributed by atoms with Gasteiger partial charge >= 0.3 is 6.03 Å². The molecular formula is C21H27N3O3. The topological polar surface area (TPSA) is 69.7 Å². The van der Waals surface area contributed by atoms with Crippen molar-refractivity contribution in [2.24, 2.45) is 11.8 Å². The summed E-state index contributed by atoms with van der Waals surface area (Å²) >= 11 is 0. The van der Waals surface area contributed by atoms with Crippen LogP contribution in [-0.2, 0) is 21.5 Å². The van der Waals surface area contributed by atoms with Gasteiger partial charge in [0.25, 0.3) is 5.91 Å². The third kappa shape index (κ3) is 3.01. The molecule has 0 bridgehead atoms. The molecule has 2 saturated heterocycles. The number of fused-ring (bicyclic) bond motifs is 2. The molecule has 2 heterocycles. The number of nitrogens with one attached hydrogen (secondary N) is 1. The van der Waals surface area contributed by atoms with Crippen molar-refractivity contribution < 1.29 is 14.4 Å². The van der Waals surface area contributed by atoms with Crippen molar-refractivity contribution in [2.45, 2.75) is 45.1 Å². The SMILES string of the molecule is C[C@@H]1C[C@H](C)CN(C(=O)CN2C(=O)N[C@@]3(CCCc4ccccc43)C2=O)C1. The molecule has 1 aliphatic carbocycles. The first-order chi connectivity index (χ1) is 12.9. The molecule has 3 aliphatic rings. The Morgan fingerprint density at radius 1 is 1.19 bits per heavy atom. The second kappa shape index (κ2) is 6.66. The first kappa shape index (κ1) is 18.0. The zero-order valence-corrected chi connectivity index (χ0v) is 16.0. The molecule has 1 N–H and O–H groups in total. The lowest BCUT2D eigenvalue weighted by molar-refractivity contribution is -0.140. The molecule has 0 unspecified atom stereocenters. The number of carbonyl (C=O) groups is 3. The van der Waals surface area contributed by atoms with Gasteiger partial charge in [-0.1, -0.05) is 38.1 Å². The molecule has 27 heavy (non-hydrogen) atoms. The van der Waals surface area contributed by atoms with Crippen molar-refractivity contribution in [3.05, 3.63) is 35.4 Å². The van der Waals surface area contributed by atoms with Gasteiger partial charge < -0.3 is 10.2 Å². The minimum absolute atomic E-state index is 0.141. The summed E-state index contributed by atoms with van der Waals surface area (Å²) in [6.45, 7) is 5.49. The zero-order valence-electron chi connectivity index (χ0n) is 16.0. The van der Waals surface area contributed by atoms with Gasteiger partial charge in [0.2, 0.25) is 5.91 Å². The summed E-state index contributed by atoms with van der Waals surface area (Å²) in [5.74, 6) is 0.457. The first-order valence-corrected chi connectivity index (χ1v) is 9.91. The van der Waals surface area contributed by atoms with Gasteiger partial charge in [0, 0.05) is 13.1 Å². The van der Waals surface area contributed by atoms with Gasteiger partial charge in [0.05, 0.1) is 0 Å². The van der Waals surface area contributed by atoms with E-state index in [0.717, 1.165) is 35.3 Å². The number of benzene rings is 1. The van der Waals surface area contributed by atoms with E-state index in [1.165, 1.54) is 0 Å². The van der Waals surface area contributed by atoms with E-state index < -0.39 is 11.6 Å². The lowest BCUT2D eigenvalue weighted by Gasteiger charge is -2.36. The predicted molar refractivity (Wildman–Crippen MR) is 101 cm³/mol. The summed E-state index contributed by atoms with van der Waals surface area (Å²) in [6, 6.07) is 7.34. The number of hydrogen-bond acceptors (Lipinski definition) is 3. The molecule has 1 aromatic carbocycles. The second-order valence-corrected chi connectivity index (χ2v) is 8.48. The number of nitrogens with zero attached hydrogens (tertiary/aromatic N) is 2. The van der Waals surface area contributed by atoms with Crippen LogP contribution in [0.15, 0.2) is 24.3 Å². The number of urea groups is 1. The fourth-order valence-corrected chi connectivity index (χ4v) is 5.06. The summed E-state index contributed by atoms with van der Waals surface area (Å²) in [5.41, 5.74) is 0.975. The number of hydrogen-bond donors (Lipinski definition) is 1. The van der Waals surface area contributed by atoms with Gasteiger partial charge in [0.1, 0.15) is 12.1 Å². The minimum Gasteiger partial charge on any atom is -0.341 e. The molecular weight excluding hydrogens is 342 g/mol. The van der Waals surface area contributed by atoms with E-state index in [1.54, 1.807) is 4.90 Å². The van der Waals surface area contributed by atoms with Crippen LogP contribution in [-0.4, -0.2) is 47.3 Å². The molecule has 4 rings (SSSR count). The van der Waals surface area contributed by atoms with Crippen LogP contribution < -0.4 is 5.32 Å². The van der Waals surface area contributed by atoms with E-state index in [2.05, 4.69) is 19.2 Å². The quantitative estimate of drug-likeness (QED) is 0.813. The summed E-state index contributed by atoms with van der Waals surface area (Å²) in [5, 5.41) is 2.92. The summed E-state index contributed by atoms with van der Waals surface area (Å²) < 4.78 is 0. The fraction of sp³-hybridized carbons (Fsp3) is 0.571. The van der Waals surface area contributed by atoms with Crippen LogP contribution in [0.1, 0.15) is 44.2 Å². The summed E-state index contributed by atoms with van der Waals surface area (Å²) in [4.78, 5) is 41.6. The number of likely N-dealkylation sites (tertiary alicyclic amines) is 1. The van der Waals surface area contributed by atoms with E-state index in [9.17, 15) is 14.4 Å². The molecule has 2 fully saturated rings. The van der Waals surface area contributed by atoms with Crippen molar-refractivity contribution in [1.82, 2.24) is 15.1 Å². The Kier molecular flexibility index (Phi) is 4.44.